The van der Waals surface area contributed by atoms with Gasteiger partial charge in [-0.15, -0.1) is 0 Å². The van der Waals surface area contributed by atoms with Crippen molar-refractivity contribution in [2.24, 2.45) is 0 Å². The Bertz CT molecular complexity index is 725. The highest BCUT2D eigenvalue weighted by molar-refractivity contribution is 5.98. The monoisotopic (exact) mass is 264 g/mol. The van der Waals surface area contributed by atoms with Gasteiger partial charge in [-0.05, 0) is 48.9 Å². The van der Waals surface area contributed by atoms with Crippen LogP contribution in [0.2, 0.25) is 0 Å². The van der Waals surface area contributed by atoms with E-state index in [2.05, 4.69) is 22.2 Å². The van der Waals surface area contributed by atoms with E-state index in [1.807, 2.05) is 36.4 Å². The zero-order valence-corrected chi connectivity index (χ0v) is 11.2. The van der Waals surface area contributed by atoms with Gasteiger partial charge in [0.1, 0.15) is 0 Å². The fourth-order valence-electron chi connectivity index (χ4n) is 2.28. The summed E-state index contributed by atoms with van der Waals surface area (Å²) >= 11 is 0. The zero-order valence-electron chi connectivity index (χ0n) is 11.2. The van der Waals surface area contributed by atoms with Crippen LogP contribution in [0, 0.1) is 0 Å². The number of fused-ring (bicyclic) bond motifs is 1. The standard InChI is InChI=1S/C16H16N4/c1-11(12-6-9-18-10-7-12)20-15-5-4-14(17)13-3-2-8-19-16(13)15/h2-11,20H,17H2,1H3. The summed E-state index contributed by atoms with van der Waals surface area (Å²) in [6.45, 7) is 2.11. The third kappa shape index (κ3) is 2.28. The maximum Gasteiger partial charge on any atom is 0.0954 e. The van der Waals surface area contributed by atoms with Crippen molar-refractivity contribution in [1.29, 1.82) is 0 Å². The molecule has 2 aromatic heterocycles. The molecule has 0 aliphatic heterocycles. The summed E-state index contributed by atoms with van der Waals surface area (Å²) in [5, 5.41) is 4.45. The molecule has 3 N–H and O–H groups in total. The number of pyridine rings is 2. The Kier molecular flexibility index (Phi) is 3.21. The molecule has 1 atom stereocenters. The minimum absolute atomic E-state index is 0.173. The van der Waals surface area contributed by atoms with E-state index in [-0.39, 0.29) is 6.04 Å². The summed E-state index contributed by atoms with van der Waals surface area (Å²) in [6, 6.07) is 11.9. The van der Waals surface area contributed by atoms with Gasteiger partial charge in [0.2, 0.25) is 0 Å². The highest BCUT2D eigenvalue weighted by atomic mass is 14.9. The Hall–Kier alpha value is -2.62. The first-order valence-corrected chi connectivity index (χ1v) is 6.55. The van der Waals surface area contributed by atoms with Crippen LogP contribution >= 0.6 is 0 Å². The number of anilines is 2. The van der Waals surface area contributed by atoms with Crippen LogP contribution in [0.5, 0.6) is 0 Å². The lowest BCUT2D eigenvalue weighted by Crippen LogP contribution is -2.07. The molecule has 100 valence electrons. The molecule has 2 heterocycles. The molecule has 0 aliphatic carbocycles. The van der Waals surface area contributed by atoms with Crippen LogP contribution in [0.15, 0.2) is 55.0 Å². The SMILES string of the molecule is CC(Nc1ccc(N)c2cccnc12)c1ccncc1. The lowest BCUT2D eigenvalue weighted by atomic mass is 10.1. The number of aromatic nitrogens is 2. The average Bonchev–Trinajstić information content (AvgIpc) is 2.51. The Labute approximate surface area is 117 Å². The van der Waals surface area contributed by atoms with E-state index in [0.717, 1.165) is 22.3 Å². The quantitative estimate of drug-likeness (QED) is 0.712. The van der Waals surface area contributed by atoms with Gasteiger partial charge in [-0.2, -0.15) is 0 Å². The van der Waals surface area contributed by atoms with Crippen molar-refractivity contribution in [2.75, 3.05) is 11.1 Å². The summed E-state index contributed by atoms with van der Waals surface area (Å²) in [7, 11) is 0. The molecule has 0 aliphatic rings. The second kappa shape index (κ2) is 5.17. The Morgan fingerprint density at radius 3 is 2.65 bits per heavy atom. The number of nitrogens with one attached hydrogen (secondary N) is 1. The van der Waals surface area contributed by atoms with Gasteiger partial charge in [0.25, 0.3) is 0 Å². The van der Waals surface area contributed by atoms with E-state index in [1.165, 1.54) is 5.56 Å². The first kappa shape index (κ1) is 12.4. The number of nitrogen functional groups attached to an aromatic ring is 1. The third-order valence-corrected chi connectivity index (χ3v) is 3.38. The van der Waals surface area contributed by atoms with Gasteiger partial charge >= 0.3 is 0 Å². The molecule has 4 nitrogen and oxygen atoms in total. The van der Waals surface area contributed by atoms with Crippen molar-refractivity contribution in [3.63, 3.8) is 0 Å². The lowest BCUT2D eigenvalue weighted by molar-refractivity contribution is 0.882. The summed E-state index contributed by atoms with van der Waals surface area (Å²) in [5.41, 5.74) is 9.80. The van der Waals surface area contributed by atoms with Gasteiger partial charge in [0.05, 0.1) is 11.2 Å². The van der Waals surface area contributed by atoms with Crippen molar-refractivity contribution in [1.82, 2.24) is 9.97 Å². The molecule has 1 unspecified atom stereocenters. The molecule has 0 bridgehead atoms. The third-order valence-electron chi connectivity index (χ3n) is 3.38. The van der Waals surface area contributed by atoms with Crippen LogP contribution in [-0.2, 0) is 0 Å². The maximum atomic E-state index is 5.99. The summed E-state index contributed by atoms with van der Waals surface area (Å²) in [4.78, 5) is 8.47. The highest BCUT2D eigenvalue weighted by Gasteiger charge is 2.09. The van der Waals surface area contributed by atoms with Crippen LogP contribution in [0.25, 0.3) is 10.9 Å². The van der Waals surface area contributed by atoms with Gasteiger partial charge in [-0.1, -0.05) is 0 Å². The van der Waals surface area contributed by atoms with E-state index < -0.39 is 0 Å². The number of hydrogen-bond acceptors (Lipinski definition) is 4. The lowest BCUT2D eigenvalue weighted by Gasteiger charge is -2.17. The predicted molar refractivity (Wildman–Crippen MR) is 82.4 cm³/mol. The largest absolute Gasteiger partial charge is 0.398 e. The molecule has 0 fully saturated rings. The maximum absolute atomic E-state index is 5.99. The second-order valence-electron chi connectivity index (χ2n) is 4.75. The number of rotatable bonds is 3. The molecule has 0 spiro atoms. The fraction of sp³-hybridized carbons (Fsp3) is 0.125. The van der Waals surface area contributed by atoms with E-state index in [9.17, 15) is 0 Å². The Morgan fingerprint density at radius 2 is 1.85 bits per heavy atom. The molecular formula is C16H16N4. The fourth-order valence-corrected chi connectivity index (χ4v) is 2.28. The molecule has 4 heteroatoms. The average molecular weight is 264 g/mol. The summed E-state index contributed by atoms with van der Waals surface area (Å²) in [5.74, 6) is 0. The summed E-state index contributed by atoms with van der Waals surface area (Å²) in [6.07, 6.45) is 5.38. The van der Waals surface area contributed by atoms with Crippen LogP contribution in [0.1, 0.15) is 18.5 Å². The predicted octanol–water partition coefficient (Wildman–Crippen LogP) is 3.39. The molecular weight excluding hydrogens is 248 g/mol. The van der Waals surface area contributed by atoms with Crippen molar-refractivity contribution in [3.05, 3.63) is 60.6 Å². The zero-order chi connectivity index (χ0) is 13.9. The van der Waals surface area contributed by atoms with Crippen LogP contribution in [-0.4, -0.2) is 9.97 Å². The highest BCUT2D eigenvalue weighted by Crippen LogP contribution is 2.28. The smallest absolute Gasteiger partial charge is 0.0954 e. The number of nitrogens with zero attached hydrogens (tertiary/aromatic N) is 2. The molecule has 20 heavy (non-hydrogen) atoms. The van der Waals surface area contributed by atoms with Crippen LogP contribution in [0.3, 0.4) is 0 Å². The van der Waals surface area contributed by atoms with Gasteiger partial charge in [0, 0.05) is 35.7 Å². The van der Waals surface area contributed by atoms with Gasteiger partial charge in [-0.3, -0.25) is 9.97 Å². The van der Waals surface area contributed by atoms with Crippen LogP contribution < -0.4 is 11.1 Å². The first-order valence-electron chi connectivity index (χ1n) is 6.55. The summed E-state index contributed by atoms with van der Waals surface area (Å²) < 4.78 is 0. The topological polar surface area (TPSA) is 63.8 Å². The van der Waals surface area contributed by atoms with Crippen molar-refractivity contribution >= 4 is 22.3 Å². The first-order chi connectivity index (χ1) is 9.75. The van der Waals surface area contributed by atoms with Crippen molar-refractivity contribution in [3.8, 4) is 0 Å². The number of hydrogen-bond donors (Lipinski definition) is 2. The molecule has 1 aromatic carbocycles. The molecule has 0 amide bonds. The normalized spacial score (nSPS) is 12.2. The second-order valence-corrected chi connectivity index (χ2v) is 4.75. The molecule has 3 aromatic rings. The van der Waals surface area contributed by atoms with E-state index in [1.54, 1.807) is 18.6 Å². The van der Waals surface area contributed by atoms with Crippen molar-refractivity contribution < 1.29 is 0 Å². The van der Waals surface area contributed by atoms with Gasteiger partial charge in [0.15, 0.2) is 0 Å². The molecule has 0 radical (unpaired) electrons. The Morgan fingerprint density at radius 1 is 1.05 bits per heavy atom. The molecule has 0 saturated carbocycles. The van der Waals surface area contributed by atoms with Gasteiger partial charge in [-0.25, -0.2) is 0 Å². The Balaban J connectivity index is 1.97. The minimum atomic E-state index is 0.173. The number of benzene rings is 1. The molecule has 3 rings (SSSR count). The molecule has 0 saturated heterocycles. The van der Waals surface area contributed by atoms with E-state index in [0.29, 0.717) is 0 Å². The van der Waals surface area contributed by atoms with Crippen LogP contribution in [0.4, 0.5) is 11.4 Å². The van der Waals surface area contributed by atoms with Gasteiger partial charge < -0.3 is 11.1 Å². The van der Waals surface area contributed by atoms with Crippen molar-refractivity contribution in [2.45, 2.75) is 13.0 Å². The van der Waals surface area contributed by atoms with E-state index in [4.69, 9.17) is 5.73 Å². The number of nitrogens with two attached hydrogens (primary N) is 1. The minimum Gasteiger partial charge on any atom is -0.398 e. The van der Waals surface area contributed by atoms with E-state index >= 15 is 0 Å².